The number of methoxy groups -OCH3 is 1. The highest BCUT2D eigenvalue weighted by Gasteiger charge is 2.10. The molecule has 0 saturated carbocycles. The molecular weight excluding hydrogens is 258 g/mol. The molecule has 2 aromatic carbocycles. The second-order valence-corrected chi connectivity index (χ2v) is 5.09. The van der Waals surface area contributed by atoms with Crippen LogP contribution in [0.5, 0.6) is 5.75 Å². The molecule has 0 radical (unpaired) electrons. The molecule has 2 nitrogen and oxygen atoms in total. The first-order valence-corrected chi connectivity index (χ1v) is 6.62. The molecule has 0 amide bonds. The summed E-state index contributed by atoms with van der Waals surface area (Å²) >= 11 is 6.24. The highest BCUT2D eigenvalue weighted by Crippen LogP contribution is 2.25. The summed E-state index contributed by atoms with van der Waals surface area (Å²) in [4.78, 5) is 0. The zero-order valence-electron chi connectivity index (χ0n) is 11.2. The van der Waals surface area contributed by atoms with Crippen LogP contribution in [-0.4, -0.2) is 7.11 Å². The van der Waals surface area contributed by atoms with Gasteiger partial charge in [0.1, 0.15) is 5.75 Å². The molecule has 0 spiro atoms. The van der Waals surface area contributed by atoms with Crippen LogP contribution in [0.2, 0.25) is 5.02 Å². The standard InChI is InChI=1S/C16H18ClNO/c1-11-6-7-12(15(17)8-11)10-16(18)13-4-3-5-14(9-13)19-2/h3-9,16H,10,18H2,1-2H3. The summed E-state index contributed by atoms with van der Waals surface area (Å²) in [5, 5.41) is 0.776. The van der Waals surface area contributed by atoms with E-state index in [1.807, 2.05) is 43.3 Å². The van der Waals surface area contributed by atoms with Gasteiger partial charge in [0, 0.05) is 11.1 Å². The number of halogens is 1. The molecule has 0 aliphatic carbocycles. The number of aryl methyl sites for hydroxylation is 1. The lowest BCUT2D eigenvalue weighted by Gasteiger charge is -2.14. The minimum atomic E-state index is -0.0877. The Morgan fingerprint density at radius 1 is 1.21 bits per heavy atom. The Morgan fingerprint density at radius 3 is 2.68 bits per heavy atom. The fourth-order valence-electron chi connectivity index (χ4n) is 2.04. The summed E-state index contributed by atoms with van der Waals surface area (Å²) in [6.07, 6.45) is 0.715. The summed E-state index contributed by atoms with van der Waals surface area (Å²) in [6.45, 7) is 2.03. The predicted octanol–water partition coefficient (Wildman–Crippen LogP) is 3.90. The van der Waals surface area contributed by atoms with Gasteiger partial charge in [-0.3, -0.25) is 0 Å². The van der Waals surface area contributed by atoms with Crippen molar-refractivity contribution in [1.29, 1.82) is 0 Å². The molecule has 2 N–H and O–H groups in total. The average Bonchev–Trinajstić information content (AvgIpc) is 2.42. The molecule has 2 rings (SSSR count). The first kappa shape index (κ1) is 13.9. The van der Waals surface area contributed by atoms with Gasteiger partial charge in [-0.15, -0.1) is 0 Å². The smallest absolute Gasteiger partial charge is 0.119 e. The van der Waals surface area contributed by atoms with E-state index in [0.29, 0.717) is 6.42 Å². The van der Waals surface area contributed by atoms with E-state index in [0.717, 1.165) is 27.5 Å². The summed E-state index contributed by atoms with van der Waals surface area (Å²) in [7, 11) is 1.65. The van der Waals surface area contributed by atoms with E-state index in [4.69, 9.17) is 22.1 Å². The first-order chi connectivity index (χ1) is 9.10. The van der Waals surface area contributed by atoms with Gasteiger partial charge in [-0.2, -0.15) is 0 Å². The lowest BCUT2D eigenvalue weighted by Crippen LogP contribution is -2.13. The van der Waals surface area contributed by atoms with E-state index in [1.54, 1.807) is 7.11 Å². The van der Waals surface area contributed by atoms with Gasteiger partial charge in [0.25, 0.3) is 0 Å². The van der Waals surface area contributed by atoms with Gasteiger partial charge >= 0.3 is 0 Å². The molecule has 19 heavy (non-hydrogen) atoms. The molecule has 3 heteroatoms. The summed E-state index contributed by atoms with van der Waals surface area (Å²) in [5.74, 6) is 0.822. The third-order valence-corrected chi connectivity index (χ3v) is 3.52. The minimum absolute atomic E-state index is 0.0877. The topological polar surface area (TPSA) is 35.2 Å². The van der Waals surface area contributed by atoms with Gasteiger partial charge < -0.3 is 10.5 Å². The van der Waals surface area contributed by atoms with Crippen molar-refractivity contribution >= 4 is 11.6 Å². The van der Waals surface area contributed by atoms with Gasteiger partial charge in [-0.1, -0.05) is 35.9 Å². The molecule has 0 aromatic heterocycles. The summed E-state index contributed by atoms with van der Waals surface area (Å²) in [5.41, 5.74) is 9.52. The Hall–Kier alpha value is -1.51. The van der Waals surface area contributed by atoms with Crippen molar-refractivity contribution < 1.29 is 4.74 Å². The van der Waals surface area contributed by atoms with E-state index in [9.17, 15) is 0 Å². The second kappa shape index (κ2) is 6.09. The number of hydrogen-bond acceptors (Lipinski definition) is 2. The lowest BCUT2D eigenvalue weighted by molar-refractivity contribution is 0.414. The van der Waals surface area contributed by atoms with Crippen molar-refractivity contribution in [3.63, 3.8) is 0 Å². The SMILES string of the molecule is COc1cccc(C(N)Cc2ccc(C)cc2Cl)c1. The van der Waals surface area contributed by atoms with Crippen LogP contribution in [0.1, 0.15) is 22.7 Å². The van der Waals surface area contributed by atoms with Crippen molar-refractivity contribution in [2.75, 3.05) is 7.11 Å². The van der Waals surface area contributed by atoms with Gasteiger partial charge in [0.2, 0.25) is 0 Å². The Balaban J connectivity index is 2.17. The molecule has 0 bridgehead atoms. The fraction of sp³-hybridized carbons (Fsp3) is 0.250. The highest BCUT2D eigenvalue weighted by molar-refractivity contribution is 6.31. The van der Waals surface area contributed by atoms with Gasteiger partial charge in [0.05, 0.1) is 7.11 Å². The number of nitrogens with two attached hydrogens (primary N) is 1. The van der Waals surface area contributed by atoms with Crippen LogP contribution < -0.4 is 10.5 Å². The molecule has 0 aliphatic heterocycles. The van der Waals surface area contributed by atoms with Crippen LogP contribution in [0.4, 0.5) is 0 Å². The largest absolute Gasteiger partial charge is 0.497 e. The van der Waals surface area contributed by atoms with Gasteiger partial charge in [-0.25, -0.2) is 0 Å². The predicted molar refractivity (Wildman–Crippen MR) is 79.8 cm³/mol. The van der Waals surface area contributed by atoms with Crippen LogP contribution in [0.3, 0.4) is 0 Å². The quantitative estimate of drug-likeness (QED) is 0.918. The average molecular weight is 276 g/mol. The third-order valence-electron chi connectivity index (χ3n) is 3.17. The molecule has 0 aliphatic rings. The first-order valence-electron chi connectivity index (χ1n) is 6.24. The van der Waals surface area contributed by atoms with E-state index in [-0.39, 0.29) is 6.04 Å². The number of rotatable bonds is 4. The molecular formula is C16H18ClNO. The van der Waals surface area contributed by atoms with Crippen LogP contribution in [-0.2, 0) is 6.42 Å². The fourth-order valence-corrected chi connectivity index (χ4v) is 2.36. The molecule has 0 fully saturated rings. The van der Waals surface area contributed by atoms with Crippen LogP contribution in [0.15, 0.2) is 42.5 Å². The van der Waals surface area contributed by atoms with E-state index < -0.39 is 0 Å². The van der Waals surface area contributed by atoms with Crippen molar-refractivity contribution in [3.05, 3.63) is 64.2 Å². The Morgan fingerprint density at radius 2 is 2.00 bits per heavy atom. The zero-order valence-corrected chi connectivity index (χ0v) is 11.9. The van der Waals surface area contributed by atoms with Gasteiger partial charge in [-0.05, 0) is 48.2 Å². The van der Waals surface area contributed by atoms with E-state index >= 15 is 0 Å². The van der Waals surface area contributed by atoms with Crippen LogP contribution in [0.25, 0.3) is 0 Å². The molecule has 0 heterocycles. The van der Waals surface area contributed by atoms with E-state index in [2.05, 4.69) is 6.07 Å². The normalized spacial score (nSPS) is 12.2. The molecule has 100 valence electrons. The number of ether oxygens (including phenoxy) is 1. The van der Waals surface area contributed by atoms with Crippen molar-refractivity contribution in [3.8, 4) is 5.75 Å². The maximum atomic E-state index is 6.24. The number of hydrogen-bond donors (Lipinski definition) is 1. The zero-order chi connectivity index (χ0) is 13.8. The second-order valence-electron chi connectivity index (χ2n) is 4.68. The van der Waals surface area contributed by atoms with Crippen molar-refractivity contribution in [2.24, 2.45) is 5.73 Å². The maximum Gasteiger partial charge on any atom is 0.119 e. The van der Waals surface area contributed by atoms with Crippen molar-refractivity contribution in [1.82, 2.24) is 0 Å². The van der Waals surface area contributed by atoms with E-state index in [1.165, 1.54) is 0 Å². The van der Waals surface area contributed by atoms with Gasteiger partial charge in [0.15, 0.2) is 0 Å². The third kappa shape index (κ3) is 3.49. The Labute approximate surface area is 119 Å². The van der Waals surface area contributed by atoms with Crippen LogP contribution in [0, 0.1) is 6.92 Å². The van der Waals surface area contributed by atoms with Crippen molar-refractivity contribution in [2.45, 2.75) is 19.4 Å². The molecule has 2 aromatic rings. The molecule has 1 unspecified atom stereocenters. The monoisotopic (exact) mass is 275 g/mol. The highest BCUT2D eigenvalue weighted by atomic mass is 35.5. The Bertz CT molecular complexity index is 568. The number of benzene rings is 2. The molecule has 1 atom stereocenters. The minimum Gasteiger partial charge on any atom is -0.497 e. The summed E-state index contributed by atoms with van der Waals surface area (Å²) in [6, 6.07) is 13.8. The summed E-state index contributed by atoms with van der Waals surface area (Å²) < 4.78 is 5.21. The van der Waals surface area contributed by atoms with Crippen LogP contribution >= 0.6 is 11.6 Å². The Kier molecular flexibility index (Phi) is 4.46. The maximum absolute atomic E-state index is 6.24. The molecule has 0 saturated heterocycles. The lowest BCUT2D eigenvalue weighted by atomic mass is 9.99.